The van der Waals surface area contributed by atoms with Crippen LogP contribution in [-0.4, -0.2) is 18.1 Å². The molecule has 0 aromatic heterocycles. The van der Waals surface area contributed by atoms with Gasteiger partial charge in [0, 0.05) is 10.2 Å². The monoisotopic (exact) mass is 353 g/mol. The van der Waals surface area contributed by atoms with Crippen LogP contribution < -0.4 is 5.32 Å². The maximum absolute atomic E-state index is 12.5. The quantitative estimate of drug-likeness (QED) is 0.775. The molecule has 1 fully saturated rings. The first kappa shape index (κ1) is 16.3. The van der Waals surface area contributed by atoms with Crippen LogP contribution in [-0.2, 0) is 9.53 Å². The summed E-state index contributed by atoms with van der Waals surface area (Å²) in [5.74, 6) is 0.189. The van der Waals surface area contributed by atoms with Crippen molar-refractivity contribution in [2.45, 2.75) is 51.5 Å². The van der Waals surface area contributed by atoms with Crippen LogP contribution >= 0.6 is 15.9 Å². The highest BCUT2D eigenvalue weighted by molar-refractivity contribution is 9.10. The largest absolute Gasteiger partial charge is 0.464 e. The van der Waals surface area contributed by atoms with Crippen molar-refractivity contribution in [1.29, 1.82) is 0 Å². The van der Waals surface area contributed by atoms with Gasteiger partial charge in [-0.2, -0.15) is 0 Å². The molecule has 21 heavy (non-hydrogen) atoms. The minimum absolute atomic E-state index is 0.139. The molecule has 1 aromatic rings. The summed E-state index contributed by atoms with van der Waals surface area (Å²) in [5, 5.41) is 3.44. The summed E-state index contributed by atoms with van der Waals surface area (Å²) in [7, 11) is 0. The molecule has 1 saturated carbocycles. The lowest BCUT2D eigenvalue weighted by Gasteiger charge is -2.39. The summed E-state index contributed by atoms with van der Waals surface area (Å²) in [6.45, 7) is 4.27. The fourth-order valence-electron chi connectivity index (χ4n) is 3.11. The molecule has 0 aliphatic heterocycles. The van der Waals surface area contributed by atoms with Gasteiger partial charge in [0.05, 0.1) is 6.61 Å². The van der Waals surface area contributed by atoms with Crippen molar-refractivity contribution in [2.24, 2.45) is 5.92 Å². The van der Waals surface area contributed by atoms with Crippen molar-refractivity contribution in [3.63, 3.8) is 0 Å². The lowest BCUT2D eigenvalue weighted by atomic mass is 9.75. The van der Waals surface area contributed by atoms with E-state index in [1.165, 1.54) is 19.3 Å². The van der Waals surface area contributed by atoms with E-state index in [0.29, 0.717) is 12.5 Å². The minimum atomic E-state index is -0.649. The molecule has 0 heterocycles. The van der Waals surface area contributed by atoms with E-state index in [1.807, 2.05) is 38.1 Å². The van der Waals surface area contributed by atoms with E-state index >= 15 is 0 Å². The summed E-state index contributed by atoms with van der Waals surface area (Å²) < 4.78 is 6.38. The van der Waals surface area contributed by atoms with Crippen LogP contribution in [0.15, 0.2) is 28.7 Å². The van der Waals surface area contributed by atoms with E-state index < -0.39 is 5.54 Å². The summed E-state index contributed by atoms with van der Waals surface area (Å²) in [5.41, 5.74) is 0.309. The smallest absolute Gasteiger partial charge is 0.331 e. The van der Waals surface area contributed by atoms with Gasteiger partial charge in [0.1, 0.15) is 5.54 Å². The van der Waals surface area contributed by atoms with Crippen LogP contribution in [0.5, 0.6) is 0 Å². The number of carbonyl (C=O) groups excluding carboxylic acids is 1. The van der Waals surface area contributed by atoms with E-state index in [9.17, 15) is 4.79 Å². The molecule has 0 radical (unpaired) electrons. The molecule has 116 valence electrons. The number of rotatable bonds is 5. The second-order valence-corrected chi connectivity index (χ2v) is 6.81. The standard InChI is InChI=1S/C17H24BrNO2/c1-3-21-16(20)17(2,13-7-5-4-6-8-13)19-15-11-9-14(18)10-12-15/h9-13,19H,3-8H2,1-2H3. The molecule has 0 amide bonds. The second-order valence-electron chi connectivity index (χ2n) is 5.89. The zero-order valence-corrected chi connectivity index (χ0v) is 14.4. The summed E-state index contributed by atoms with van der Waals surface area (Å²) in [6, 6.07) is 7.94. The fourth-order valence-corrected chi connectivity index (χ4v) is 3.38. The van der Waals surface area contributed by atoms with Gasteiger partial charge in [0.25, 0.3) is 0 Å². The Morgan fingerprint density at radius 3 is 2.48 bits per heavy atom. The lowest BCUT2D eigenvalue weighted by Crippen LogP contribution is -2.51. The Morgan fingerprint density at radius 1 is 1.29 bits per heavy atom. The molecule has 1 atom stereocenters. The SMILES string of the molecule is CCOC(=O)C(C)(Nc1ccc(Br)cc1)C1CCCCC1. The summed E-state index contributed by atoms with van der Waals surface area (Å²) in [6.07, 6.45) is 5.83. The Labute approximate surface area is 135 Å². The molecule has 1 unspecified atom stereocenters. The maximum atomic E-state index is 12.5. The lowest BCUT2D eigenvalue weighted by molar-refractivity contribution is -0.150. The first-order valence-corrected chi connectivity index (χ1v) is 8.56. The van der Waals surface area contributed by atoms with Crippen LogP contribution in [0.4, 0.5) is 5.69 Å². The van der Waals surface area contributed by atoms with Gasteiger partial charge in [-0.1, -0.05) is 35.2 Å². The highest BCUT2D eigenvalue weighted by Gasteiger charge is 2.42. The van der Waals surface area contributed by atoms with Crippen LogP contribution in [0.2, 0.25) is 0 Å². The number of esters is 1. The van der Waals surface area contributed by atoms with E-state index in [-0.39, 0.29) is 5.97 Å². The minimum Gasteiger partial charge on any atom is -0.464 e. The van der Waals surface area contributed by atoms with E-state index in [1.54, 1.807) is 0 Å². The van der Waals surface area contributed by atoms with Gasteiger partial charge in [0.2, 0.25) is 0 Å². The molecule has 0 bridgehead atoms. The van der Waals surface area contributed by atoms with E-state index in [0.717, 1.165) is 23.0 Å². The first-order chi connectivity index (χ1) is 10.1. The van der Waals surface area contributed by atoms with Gasteiger partial charge in [-0.3, -0.25) is 0 Å². The van der Waals surface area contributed by atoms with Crippen molar-refractivity contribution < 1.29 is 9.53 Å². The molecule has 2 rings (SSSR count). The van der Waals surface area contributed by atoms with Gasteiger partial charge in [0.15, 0.2) is 0 Å². The number of anilines is 1. The molecule has 1 N–H and O–H groups in total. The number of benzene rings is 1. The van der Waals surface area contributed by atoms with Crippen molar-refractivity contribution in [1.82, 2.24) is 0 Å². The Hall–Kier alpha value is -1.03. The highest BCUT2D eigenvalue weighted by Crippen LogP contribution is 2.36. The number of carbonyl (C=O) groups is 1. The van der Waals surface area contributed by atoms with Crippen molar-refractivity contribution in [2.75, 3.05) is 11.9 Å². The highest BCUT2D eigenvalue weighted by atomic mass is 79.9. The average molecular weight is 354 g/mol. The molecular formula is C17H24BrNO2. The summed E-state index contributed by atoms with van der Waals surface area (Å²) >= 11 is 3.44. The van der Waals surface area contributed by atoms with Gasteiger partial charge in [-0.15, -0.1) is 0 Å². The first-order valence-electron chi connectivity index (χ1n) is 7.77. The van der Waals surface area contributed by atoms with Crippen molar-refractivity contribution >= 4 is 27.6 Å². The Bertz CT molecular complexity index is 468. The van der Waals surface area contributed by atoms with Gasteiger partial charge in [-0.25, -0.2) is 4.79 Å². The predicted molar refractivity (Wildman–Crippen MR) is 89.4 cm³/mol. The van der Waals surface area contributed by atoms with Gasteiger partial charge < -0.3 is 10.1 Å². The normalized spacial score (nSPS) is 18.8. The molecule has 0 spiro atoms. The van der Waals surface area contributed by atoms with Crippen LogP contribution in [0.3, 0.4) is 0 Å². The molecule has 0 saturated heterocycles. The van der Waals surface area contributed by atoms with Gasteiger partial charge in [-0.05, 0) is 56.9 Å². The third-order valence-corrected chi connectivity index (χ3v) is 4.90. The van der Waals surface area contributed by atoms with Crippen LogP contribution in [0.1, 0.15) is 46.0 Å². The van der Waals surface area contributed by atoms with Crippen LogP contribution in [0.25, 0.3) is 0 Å². The average Bonchev–Trinajstić information content (AvgIpc) is 2.50. The maximum Gasteiger partial charge on any atom is 0.331 e. The molecule has 1 aliphatic carbocycles. The van der Waals surface area contributed by atoms with E-state index in [2.05, 4.69) is 21.2 Å². The number of nitrogens with one attached hydrogen (secondary N) is 1. The Kier molecular flexibility index (Phi) is 5.68. The third-order valence-electron chi connectivity index (χ3n) is 4.37. The molecular weight excluding hydrogens is 330 g/mol. The zero-order chi connectivity index (χ0) is 15.3. The number of halogens is 1. The van der Waals surface area contributed by atoms with Crippen molar-refractivity contribution in [3.05, 3.63) is 28.7 Å². The Morgan fingerprint density at radius 2 is 1.90 bits per heavy atom. The Balaban J connectivity index is 2.21. The van der Waals surface area contributed by atoms with Crippen LogP contribution in [0, 0.1) is 5.92 Å². The van der Waals surface area contributed by atoms with E-state index in [4.69, 9.17) is 4.74 Å². The zero-order valence-electron chi connectivity index (χ0n) is 12.8. The van der Waals surface area contributed by atoms with Crippen molar-refractivity contribution in [3.8, 4) is 0 Å². The molecule has 4 heteroatoms. The number of ether oxygens (including phenoxy) is 1. The number of hydrogen-bond acceptors (Lipinski definition) is 3. The topological polar surface area (TPSA) is 38.3 Å². The second kappa shape index (κ2) is 7.30. The third kappa shape index (κ3) is 4.00. The fraction of sp³-hybridized carbons (Fsp3) is 0.588. The molecule has 1 aromatic carbocycles. The molecule has 3 nitrogen and oxygen atoms in total. The van der Waals surface area contributed by atoms with Gasteiger partial charge >= 0.3 is 5.97 Å². The predicted octanol–water partition coefficient (Wildman–Crippen LogP) is 4.76. The summed E-state index contributed by atoms with van der Waals surface area (Å²) in [4.78, 5) is 12.5. The number of hydrogen-bond donors (Lipinski definition) is 1. The molecule has 1 aliphatic rings.